The Kier molecular flexibility index (Phi) is 11.0. The molecule has 8 heteroatoms. The highest BCUT2D eigenvalue weighted by atomic mass is 79.9. The van der Waals surface area contributed by atoms with Crippen molar-refractivity contribution in [3.8, 4) is 0 Å². The van der Waals surface area contributed by atoms with Crippen molar-refractivity contribution in [3.63, 3.8) is 0 Å². The fourth-order valence-electron chi connectivity index (χ4n) is 2.08. The highest BCUT2D eigenvalue weighted by molar-refractivity contribution is 9.10. The summed E-state index contributed by atoms with van der Waals surface area (Å²) in [5.41, 5.74) is 0.594. The minimum absolute atomic E-state index is 0. The van der Waals surface area contributed by atoms with Gasteiger partial charge in [-0.3, -0.25) is 9.78 Å². The zero-order valence-corrected chi connectivity index (χ0v) is 14.9. The van der Waals surface area contributed by atoms with Crippen molar-refractivity contribution >= 4 is 46.7 Å². The number of halogens is 3. The summed E-state index contributed by atoms with van der Waals surface area (Å²) in [6, 6.07) is 1.78. The third-order valence-corrected chi connectivity index (χ3v) is 3.55. The largest absolute Gasteiger partial charge is 0.352 e. The first-order valence-electron chi connectivity index (χ1n) is 6.57. The van der Waals surface area contributed by atoms with Crippen LogP contribution in [0.25, 0.3) is 0 Å². The smallest absolute Gasteiger partial charge is 0.252 e. The maximum absolute atomic E-state index is 11.9. The average molecular weight is 400 g/mol. The van der Waals surface area contributed by atoms with E-state index in [2.05, 4.69) is 36.4 Å². The monoisotopic (exact) mass is 398 g/mol. The van der Waals surface area contributed by atoms with E-state index >= 15 is 0 Å². The second-order valence-electron chi connectivity index (χ2n) is 4.59. The number of pyridine rings is 1. The van der Waals surface area contributed by atoms with Crippen LogP contribution in [0, 0.1) is 0 Å². The Balaban J connectivity index is 0.00000200. The lowest BCUT2D eigenvalue weighted by molar-refractivity contribution is 0.0951. The predicted molar refractivity (Wildman–Crippen MR) is 92.7 cm³/mol. The Hall–Kier alpha value is -0.400. The molecule has 0 aliphatic carbocycles. The van der Waals surface area contributed by atoms with Crippen LogP contribution < -0.4 is 10.6 Å². The van der Waals surface area contributed by atoms with Crippen LogP contribution >= 0.6 is 40.7 Å². The zero-order chi connectivity index (χ0) is 13.5. The van der Waals surface area contributed by atoms with Crippen LogP contribution in [-0.2, 0) is 0 Å². The van der Waals surface area contributed by atoms with Crippen LogP contribution in [0.15, 0.2) is 22.9 Å². The number of carbonyl (C=O) groups is 1. The number of hydrogen-bond acceptors (Lipinski definition) is 4. The first kappa shape index (κ1) is 20.6. The minimum atomic E-state index is -0.0610. The van der Waals surface area contributed by atoms with Gasteiger partial charge in [0.2, 0.25) is 0 Å². The van der Waals surface area contributed by atoms with Gasteiger partial charge in [0, 0.05) is 49.6 Å². The van der Waals surface area contributed by atoms with Gasteiger partial charge >= 0.3 is 0 Å². The van der Waals surface area contributed by atoms with Crippen molar-refractivity contribution in [3.05, 3.63) is 28.5 Å². The van der Waals surface area contributed by atoms with Crippen molar-refractivity contribution in [2.24, 2.45) is 0 Å². The third-order valence-electron chi connectivity index (χ3n) is 3.11. The summed E-state index contributed by atoms with van der Waals surface area (Å²) in [6.07, 6.45) is 4.23. The Morgan fingerprint density at radius 3 is 2.71 bits per heavy atom. The van der Waals surface area contributed by atoms with Crippen molar-refractivity contribution in [2.75, 3.05) is 39.3 Å². The van der Waals surface area contributed by atoms with Crippen molar-refractivity contribution in [1.29, 1.82) is 0 Å². The van der Waals surface area contributed by atoms with Gasteiger partial charge in [-0.1, -0.05) is 0 Å². The Morgan fingerprint density at radius 2 is 2.05 bits per heavy atom. The fourth-order valence-corrected chi connectivity index (χ4v) is 2.44. The summed E-state index contributed by atoms with van der Waals surface area (Å²) in [7, 11) is 0. The zero-order valence-electron chi connectivity index (χ0n) is 11.7. The van der Waals surface area contributed by atoms with E-state index in [9.17, 15) is 4.79 Å². The first-order valence-corrected chi connectivity index (χ1v) is 7.37. The van der Waals surface area contributed by atoms with Gasteiger partial charge in [0.25, 0.3) is 5.91 Å². The second-order valence-corrected chi connectivity index (χ2v) is 5.51. The van der Waals surface area contributed by atoms with Gasteiger partial charge in [0.1, 0.15) is 0 Å². The van der Waals surface area contributed by atoms with Gasteiger partial charge in [-0.05, 0) is 35.0 Å². The molecule has 2 N–H and O–H groups in total. The third kappa shape index (κ3) is 7.42. The number of nitrogens with one attached hydrogen (secondary N) is 2. The fraction of sp³-hybridized carbons (Fsp3) is 0.538. The lowest BCUT2D eigenvalue weighted by atomic mass is 10.2. The van der Waals surface area contributed by atoms with Gasteiger partial charge in [-0.25, -0.2) is 0 Å². The van der Waals surface area contributed by atoms with Crippen LogP contribution in [0.5, 0.6) is 0 Å². The molecule has 1 saturated heterocycles. The van der Waals surface area contributed by atoms with E-state index < -0.39 is 0 Å². The van der Waals surface area contributed by atoms with E-state index in [0.29, 0.717) is 12.1 Å². The van der Waals surface area contributed by atoms with Crippen LogP contribution in [0.3, 0.4) is 0 Å². The summed E-state index contributed by atoms with van der Waals surface area (Å²) in [5, 5.41) is 6.25. The number of amides is 1. The van der Waals surface area contributed by atoms with Crippen molar-refractivity contribution in [2.45, 2.75) is 6.42 Å². The predicted octanol–water partition coefficient (Wildman–Crippen LogP) is 1.71. The van der Waals surface area contributed by atoms with Crippen molar-refractivity contribution in [1.82, 2.24) is 20.5 Å². The molecule has 0 aromatic carbocycles. The maximum atomic E-state index is 11.9. The molecule has 1 aromatic rings. The average Bonchev–Trinajstić information content (AvgIpc) is 2.44. The summed E-state index contributed by atoms with van der Waals surface area (Å²) in [6.45, 7) is 6.08. The highest BCUT2D eigenvalue weighted by Gasteiger charge is 2.09. The molecule has 0 radical (unpaired) electrons. The second kappa shape index (κ2) is 11.2. The molecule has 0 atom stereocenters. The quantitative estimate of drug-likeness (QED) is 0.740. The number of hydrogen-bond donors (Lipinski definition) is 2. The molecule has 1 aliphatic heterocycles. The van der Waals surface area contributed by atoms with E-state index in [0.717, 1.165) is 43.6 Å². The summed E-state index contributed by atoms with van der Waals surface area (Å²) in [4.78, 5) is 18.3. The molecule has 0 saturated carbocycles. The topological polar surface area (TPSA) is 57.3 Å². The van der Waals surface area contributed by atoms with E-state index in [1.807, 2.05) is 0 Å². The molecule has 120 valence electrons. The van der Waals surface area contributed by atoms with Gasteiger partial charge in [-0.2, -0.15) is 0 Å². The molecule has 1 aliphatic rings. The van der Waals surface area contributed by atoms with E-state index in [1.54, 1.807) is 18.5 Å². The summed E-state index contributed by atoms with van der Waals surface area (Å²) < 4.78 is 0.820. The van der Waals surface area contributed by atoms with Crippen LogP contribution in [0.1, 0.15) is 16.8 Å². The number of rotatable bonds is 5. The molecule has 2 heterocycles. The summed E-state index contributed by atoms with van der Waals surface area (Å²) in [5.74, 6) is -0.0610. The number of piperazine rings is 1. The standard InChI is InChI=1S/C13H19BrN4O.2ClH/c14-12-8-11(9-16-10-12)13(19)17-2-1-5-18-6-3-15-4-7-18;;/h8-10,15H,1-7H2,(H,17,19);2*1H. The van der Waals surface area contributed by atoms with Crippen molar-refractivity contribution < 1.29 is 4.79 Å². The van der Waals surface area contributed by atoms with E-state index in [-0.39, 0.29) is 30.7 Å². The molecule has 0 spiro atoms. The summed E-state index contributed by atoms with van der Waals surface area (Å²) >= 11 is 3.31. The molecular formula is C13H21BrCl2N4O. The van der Waals surface area contributed by atoms with Gasteiger partial charge in [0.15, 0.2) is 0 Å². The minimum Gasteiger partial charge on any atom is -0.352 e. The lowest BCUT2D eigenvalue weighted by Gasteiger charge is -2.27. The van der Waals surface area contributed by atoms with Crippen LogP contribution in [-0.4, -0.2) is 55.1 Å². The molecule has 1 aromatic heterocycles. The molecule has 0 bridgehead atoms. The van der Waals surface area contributed by atoms with Gasteiger partial charge in [-0.15, -0.1) is 24.8 Å². The van der Waals surface area contributed by atoms with Gasteiger partial charge < -0.3 is 15.5 Å². The lowest BCUT2D eigenvalue weighted by Crippen LogP contribution is -2.44. The highest BCUT2D eigenvalue weighted by Crippen LogP contribution is 2.09. The molecule has 1 fully saturated rings. The SMILES string of the molecule is Cl.Cl.O=C(NCCCN1CCNCC1)c1cncc(Br)c1. The van der Waals surface area contributed by atoms with E-state index in [4.69, 9.17) is 0 Å². The normalized spacial score (nSPS) is 14.7. The first-order chi connectivity index (χ1) is 9.25. The van der Waals surface area contributed by atoms with Crippen LogP contribution in [0.4, 0.5) is 0 Å². The molecule has 1 amide bonds. The van der Waals surface area contributed by atoms with Gasteiger partial charge in [0.05, 0.1) is 5.56 Å². The molecule has 21 heavy (non-hydrogen) atoms. The molecular weight excluding hydrogens is 379 g/mol. The number of carbonyl (C=O) groups excluding carboxylic acids is 1. The van der Waals surface area contributed by atoms with E-state index in [1.165, 1.54) is 0 Å². The Labute approximate surface area is 146 Å². The Morgan fingerprint density at radius 1 is 1.33 bits per heavy atom. The molecule has 2 rings (SSSR count). The number of nitrogens with zero attached hydrogens (tertiary/aromatic N) is 2. The Bertz CT molecular complexity index is 430. The molecule has 0 unspecified atom stereocenters. The van der Waals surface area contributed by atoms with Crippen LogP contribution in [0.2, 0.25) is 0 Å². The number of aromatic nitrogens is 1. The molecule has 5 nitrogen and oxygen atoms in total. The maximum Gasteiger partial charge on any atom is 0.252 e.